The second-order valence-corrected chi connectivity index (χ2v) is 7.64. The number of benzene rings is 2. The van der Waals surface area contributed by atoms with Gasteiger partial charge in [-0.05, 0) is 52.6 Å². The van der Waals surface area contributed by atoms with Crippen LogP contribution in [0.3, 0.4) is 0 Å². The van der Waals surface area contributed by atoms with E-state index in [2.05, 4.69) is 20.8 Å². The highest BCUT2D eigenvalue weighted by Gasteiger charge is 2.26. The van der Waals surface area contributed by atoms with Gasteiger partial charge in [-0.3, -0.25) is 5.32 Å². The maximum atomic E-state index is 13.5. The van der Waals surface area contributed by atoms with E-state index in [4.69, 9.17) is 11.6 Å². The highest BCUT2D eigenvalue weighted by molar-refractivity contribution is 6.31. The average molecular weight is 400 g/mol. The van der Waals surface area contributed by atoms with Gasteiger partial charge in [0.2, 0.25) is 0 Å². The molecule has 1 N–H and O–H groups in total. The Kier molecular flexibility index (Phi) is 5.98. The zero-order valence-electron chi connectivity index (χ0n) is 15.6. The number of halogens is 2. The molecular formula is C21H23ClFN5. The second-order valence-electron chi connectivity index (χ2n) is 7.23. The Morgan fingerprint density at radius 1 is 1.07 bits per heavy atom. The van der Waals surface area contributed by atoms with Crippen LogP contribution in [0.5, 0.6) is 0 Å². The van der Waals surface area contributed by atoms with Crippen LogP contribution in [-0.2, 0) is 6.54 Å². The van der Waals surface area contributed by atoms with E-state index < -0.39 is 0 Å². The minimum atomic E-state index is -0.263. The number of aromatic nitrogens is 4. The fourth-order valence-corrected chi connectivity index (χ4v) is 4.05. The van der Waals surface area contributed by atoms with Gasteiger partial charge in [0.15, 0.2) is 5.82 Å². The Hall–Kier alpha value is -2.31. The van der Waals surface area contributed by atoms with Crippen molar-refractivity contribution >= 4 is 11.6 Å². The molecule has 1 aromatic heterocycles. The Bertz CT molecular complexity index is 905. The Balaban J connectivity index is 1.64. The first-order valence-electron chi connectivity index (χ1n) is 9.72. The zero-order valence-corrected chi connectivity index (χ0v) is 16.3. The summed E-state index contributed by atoms with van der Waals surface area (Å²) in [7, 11) is 0. The first kappa shape index (κ1) is 19.0. The van der Waals surface area contributed by atoms with Gasteiger partial charge in [-0.1, -0.05) is 61.2 Å². The SMILES string of the molecule is Fc1ccc(C(NCc2ccccc2Cl)c2nnnn2C2CCCCC2)cc1. The second kappa shape index (κ2) is 8.80. The number of nitrogens with zero attached hydrogens (tertiary/aromatic N) is 4. The molecule has 1 fully saturated rings. The van der Waals surface area contributed by atoms with Gasteiger partial charge in [0.25, 0.3) is 0 Å². The van der Waals surface area contributed by atoms with Crippen molar-refractivity contribution in [2.24, 2.45) is 0 Å². The molecule has 1 heterocycles. The highest BCUT2D eigenvalue weighted by Crippen LogP contribution is 2.31. The molecule has 1 aliphatic rings. The molecule has 146 valence electrons. The predicted octanol–water partition coefficient (Wildman–Crippen LogP) is 4.85. The van der Waals surface area contributed by atoms with Crippen molar-refractivity contribution in [3.8, 4) is 0 Å². The van der Waals surface area contributed by atoms with E-state index in [9.17, 15) is 4.39 Å². The predicted molar refractivity (Wildman–Crippen MR) is 106 cm³/mol. The molecule has 2 aromatic carbocycles. The van der Waals surface area contributed by atoms with Gasteiger partial charge in [0.05, 0.1) is 12.1 Å². The third-order valence-corrected chi connectivity index (χ3v) is 5.72. The topological polar surface area (TPSA) is 55.6 Å². The molecule has 1 unspecified atom stereocenters. The lowest BCUT2D eigenvalue weighted by Crippen LogP contribution is -2.28. The molecule has 0 aliphatic heterocycles. The molecule has 7 heteroatoms. The monoisotopic (exact) mass is 399 g/mol. The molecule has 1 saturated carbocycles. The van der Waals surface area contributed by atoms with Crippen molar-refractivity contribution < 1.29 is 4.39 Å². The largest absolute Gasteiger partial charge is 0.299 e. The van der Waals surface area contributed by atoms with E-state index in [-0.39, 0.29) is 11.9 Å². The number of rotatable bonds is 6. The molecule has 1 aliphatic carbocycles. The summed E-state index contributed by atoms with van der Waals surface area (Å²) < 4.78 is 15.4. The van der Waals surface area contributed by atoms with E-state index in [1.54, 1.807) is 12.1 Å². The molecule has 1 atom stereocenters. The third kappa shape index (κ3) is 4.23. The van der Waals surface area contributed by atoms with Gasteiger partial charge in [-0.2, -0.15) is 0 Å². The number of hydrogen-bond acceptors (Lipinski definition) is 4. The van der Waals surface area contributed by atoms with Gasteiger partial charge in [0, 0.05) is 11.6 Å². The molecule has 3 aromatic rings. The molecule has 5 nitrogen and oxygen atoms in total. The van der Waals surface area contributed by atoms with Crippen LogP contribution < -0.4 is 5.32 Å². The van der Waals surface area contributed by atoms with Gasteiger partial charge < -0.3 is 0 Å². The third-order valence-electron chi connectivity index (χ3n) is 5.35. The van der Waals surface area contributed by atoms with Crippen LogP contribution in [0, 0.1) is 5.82 Å². The maximum absolute atomic E-state index is 13.5. The molecule has 0 radical (unpaired) electrons. The summed E-state index contributed by atoms with van der Waals surface area (Å²) in [6, 6.07) is 14.3. The van der Waals surface area contributed by atoms with E-state index in [0.717, 1.165) is 29.8 Å². The molecule has 28 heavy (non-hydrogen) atoms. The van der Waals surface area contributed by atoms with Crippen molar-refractivity contribution in [3.05, 3.63) is 76.3 Å². The summed E-state index contributed by atoms with van der Waals surface area (Å²) in [5.41, 5.74) is 1.91. The zero-order chi connectivity index (χ0) is 19.3. The van der Waals surface area contributed by atoms with E-state index in [1.165, 1.54) is 31.4 Å². The Morgan fingerprint density at radius 2 is 1.82 bits per heavy atom. The molecular weight excluding hydrogens is 377 g/mol. The first-order chi connectivity index (χ1) is 13.7. The minimum Gasteiger partial charge on any atom is -0.299 e. The molecule has 4 rings (SSSR count). The van der Waals surface area contributed by atoms with E-state index >= 15 is 0 Å². The smallest absolute Gasteiger partial charge is 0.173 e. The van der Waals surface area contributed by atoms with Gasteiger partial charge >= 0.3 is 0 Å². The molecule has 0 saturated heterocycles. The van der Waals surface area contributed by atoms with Crippen LogP contribution in [0.15, 0.2) is 48.5 Å². The summed E-state index contributed by atoms with van der Waals surface area (Å²) in [4.78, 5) is 0. The number of hydrogen-bond donors (Lipinski definition) is 1. The minimum absolute atomic E-state index is 0.256. The first-order valence-corrected chi connectivity index (χ1v) is 10.1. The van der Waals surface area contributed by atoms with Crippen molar-refractivity contribution in [1.29, 1.82) is 0 Å². The lowest BCUT2D eigenvalue weighted by molar-refractivity contribution is 0.310. The van der Waals surface area contributed by atoms with Crippen molar-refractivity contribution in [2.75, 3.05) is 0 Å². The van der Waals surface area contributed by atoms with Crippen LogP contribution in [0.25, 0.3) is 0 Å². The lowest BCUT2D eigenvalue weighted by Gasteiger charge is -2.25. The van der Waals surface area contributed by atoms with Crippen molar-refractivity contribution in [3.63, 3.8) is 0 Å². The number of tetrazole rings is 1. The quantitative estimate of drug-likeness (QED) is 0.643. The summed E-state index contributed by atoms with van der Waals surface area (Å²) in [5.74, 6) is 0.492. The van der Waals surface area contributed by atoms with E-state index in [1.807, 2.05) is 28.9 Å². The Labute approximate surface area is 168 Å². The fourth-order valence-electron chi connectivity index (χ4n) is 3.84. The van der Waals surface area contributed by atoms with Crippen molar-refractivity contribution in [2.45, 2.75) is 50.7 Å². The Morgan fingerprint density at radius 3 is 2.57 bits per heavy atom. The van der Waals surface area contributed by atoms with Crippen LogP contribution in [0.4, 0.5) is 4.39 Å². The normalized spacial score (nSPS) is 16.2. The summed E-state index contributed by atoms with van der Waals surface area (Å²) >= 11 is 6.32. The average Bonchev–Trinajstić information content (AvgIpc) is 3.21. The van der Waals surface area contributed by atoms with Crippen LogP contribution >= 0.6 is 11.6 Å². The van der Waals surface area contributed by atoms with Gasteiger partial charge in [-0.25, -0.2) is 9.07 Å². The number of nitrogens with one attached hydrogen (secondary N) is 1. The summed E-state index contributed by atoms with van der Waals surface area (Å²) in [5, 5.41) is 16.8. The van der Waals surface area contributed by atoms with Gasteiger partial charge in [-0.15, -0.1) is 5.10 Å². The van der Waals surface area contributed by atoms with Crippen LogP contribution in [0.1, 0.15) is 61.1 Å². The molecule has 0 spiro atoms. The molecule has 0 bridgehead atoms. The maximum Gasteiger partial charge on any atom is 0.173 e. The van der Waals surface area contributed by atoms with Crippen LogP contribution in [-0.4, -0.2) is 20.2 Å². The van der Waals surface area contributed by atoms with Gasteiger partial charge in [0.1, 0.15) is 5.82 Å². The summed E-state index contributed by atoms with van der Waals surface area (Å²) in [6.07, 6.45) is 5.81. The summed E-state index contributed by atoms with van der Waals surface area (Å²) in [6.45, 7) is 0.555. The van der Waals surface area contributed by atoms with E-state index in [0.29, 0.717) is 17.6 Å². The van der Waals surface area contributed by atoms with Crippen molar-refractivity contribution in [1.82, 2.24) is 25.5 Å². The fraction of sp³-hybridized carbons (Fsp3) is 0.381. The highest BCUT2D eigenvalue weighted by atomic mass is 35.5. The van der Waals surface area contributed by atoms with Crippen LogP contribution in [0.2, 0.25) is 5.02 Å². The molecule has 0 amide bonds. The lowest BCUT2D eigenvalue weighted by atomic mass is 9.95. The standard InChI is InChI=1S/C21H23ClFN5/c22-19-9-5-4-6-16(19)14-24-20(15-10-12-17(23)13-11-15)21-25-26-27-28(21)18-7-2-1-3-8-18/h4-6,9-13,18,20,24H,1-3,7-8,14H2.